The van der Waals surface area contributed by atoms with E-state index in [-0.39, 0.29) is 11.6 Å². The van der Waals surface area contributed by atoms with E-state index in [4.69, 9.17) is 0 Å². The smallest absolute Gasteiger partial charge is 0.270 e. The third-order valence-corrected chi connectivity index (χ3v) is 4.12. The van der Waals surface area contributed by atoms with Gasteiger partial charge in [-0.3, -0.25) is 19.8 Å². The van der Waals surface area contributed by atoms with E-state index in [0.29, 0.717) is 16.5 Å². The Morgan fingerprint density at radius 3 is 2.71 bits per heavy atom. The summed E-state index contributed by atoms with van der Waals surface area (Å²) in [5, 5.41) is 19.3. The minimum atomic E-state index is -0.466. The number of hydrogen-bond donors (Lipinski definition) is 0. The molecule has 0 saturated carbocycles. The number of anilines is 1. The maximum Gasteiger partial charge on any atom is 0.270 e. The highest BCUT2D eigenvalue weighted by Gasteiger charge is 2.29. The summed E-state index contributed by atoms with van der Waals surface area (Å²) in [4.78, 5) is 23.8. The lowest BCUT2D eigenvalue weighted by Gasteiger charge is -2.14. The number of para-hydroxylation sites is 1. The Hall–Kier alpha value is -3.00. The highest BCUT2D eigenvalue weighted by atomic mass is 32.2. The Bertz CT molecular complexity index is 836. The normalized spacial score (nSPS) is 16.2. The number of carbonyl (C=O) groups excluding carboxylic acids is 1. The zero-order chi connectivity index (χ0) is 16.9. The molecule has 0 bridgehead atoms. The maximum absolute atomic E-state index is 12.0. The lowest BCUT2D eigenvalue weighted by atomic mass is 10.2. The van der Waals surface area contributed by atoms with E-state index in [2.05, 4.69) is 10.2 Å². The van der Waals surface area contributed by atoms with Crippen LogP contribution in [-0.4, -0.2) is 28.0 Å². The molecule has 0 N–H and O–H groups in total. The molecule has 0 aliphatic carbocycles. The molecule has 1 aliphatic rings. The van der Waals surface area contributed by atoms with Crippen LogP contribution >= 0.6 is 11.8 Å². The molecule has 7 nitrogen and oxygen atoms in total. The van der Waals surface area contributed by atoms with E-state index in [1.165, 1.54) is 35.0 Å². The molecule has 0 spiro atoms. The number of rotatable bonds is 4. The predicted octanol–water partition coefficient (Wildman–Crippen LogP) is 3.06. The summed E-state index contributed by atoms with van der Waals surface area (Å²) in [6.07, 6.45) is 1.42. The zero-order valence-corrected chi connectivity index (χ0v) is 13.2. The van der Waals surface area contributed by atoms with Crippen LogP contribution in [0.4, 0.5) is 11.4 Å². The number of thioether (sulfide) groups is 1. The fourth-order valence-corrected chi connectivity index (χ4v) is 2.95. The summed E-state index contributed by atoms with van der Waals surface area (Å²) in [7, 11) is 0. The van der Waals surface area contributed by atoms with Gasteiger partial charge in [-0.05, 0) is 12.1 Å². The molecular formula is C16H12N4O3S. The number of nitro groups is 1. The summed E-state index contributed by atoms with van der Waals surface area (Å²) in [6, 6.07) is 15.3. The van der Waals surface area contributed by atoms with Crippen LogP contribution in [0.2, 0.25) is 0 Å². The van der Waals surface area contributed by atoms with Crippen LogP contribution in [0.3, 0.4) is 0 Å². The second-order valence-corrected chi connectivity index (χ2v) is 5.78. The zero-order valence-electron chi connectivity index (χ0n) is 12.4. The van der Waals surface area contributed by atoms with Crippen LogP contribution in [-0.2, 0) is 4.79 Å². The van der Waals surface area contributed by atoms with Gasteiger partial charge in [-0.1, -0.05) is 42.1 Å². The Balaban J connectivity index is 1.81. The summed E-state index contributed by atoms with van der Waals surface area (Å²) >= 11 is 1.30. The fraction of sp³-hybridized carbons (Fsp3) is 0.0625. The second kappa shape index (κ2) is 7.05. The number of amidine groups is 1. The van der Waals surface area contributed by atoms with Crippen LogP contribution < -0.4 is 4.90 Å². The average molecular weight is 340 g/mol. The van der Waals surface area contributed by atoms with Crippen LogP contribution in [0.5, 0.6) is 0 Å². The monoisotopic (exact) mass is 340 g/mol. The molecule has 3 rings (SSSR count). The summed E-state index contributed by atoms with van der Waals surface area (Å²) in [5.41, 5.74) is 1.29. The molecule has 24 heavy (non-hydrogen) atoms. The molecule has 0 atom stereocenters. The van der Waals surface area contributed by atoms with Crippen molar-refractivity contribution in [3.05, 3.63) is 70.3 Å². The van der Waals surface area contributed by atoms with Crippen molar-refractivity contribution >= 4 is 40.4 Å². The molecule has 1 aliphatic heterocycles. The number of amides is 1. The molecule has 120 valence electrons. The SMILES string of the molecule is O=C1CS/C(=N\N=C\c2cccc([N+](=O)[O-])c2)N1c1ccccc1. The van der Waals surface area contributed by atoms with Gasteiger partial charge in [0.05, 0.1) is 22.6 Å². The fourth-order valence-electron chi connectivity index (χ4n) is 2.13. The van der Waals surface area contributed by atoms with Crippen molar-refractivity contribution in [2.75, 3.05) is 10.7 Å². The first-order valence-corrected chi connectivity index (χ1v) is 8.00. The van der Waals surface area contributed by atoms with Gasteiger partial charge in [0.2, 0.25) is 5.91 Å². The standard InChI is InChI=1S/C16H12N4O3S/c21-15-11-24-16(19(15)13-6-2-1-3-7-13)18-17-10-12-5-4-8-14(9-12)20(22)23/h1-10H,11H2/b17-10+,18-16-. The average Bonchev–Trinajstić information content (AvgIpc) is 2.96. The lowest BCUT2D eigenvalue weighted by Crippen LogP contribution is -2.28. The first kappa shape index (κ1) is 15.9. The molecule has 0 aromatic heterocycles. The molecule has 1 amide bonds. The Morgan fingerprint density at radius 2 is 1.96 bits per heavy atom. The molecule has 1 heterocycles. The minimum absolute atomic E-state index is 0.0112. The first-order chi connectivity index (χ1) is 11.6. The third-order valence-electron chi connectivity index (χ3n) is 3.21. The van der Waals surface area contributed by atoms with E-state index in [9.17, 15) is 14.9 Å². The van der Waals surface area contributed by atoms with Crippen molar-refractivity contribution in [2.45, 2.75) is 0 Å². The largest absolute Gasteiger partial charge is 0.273 e. The molecule has 2 aromatic carbocycles. The summed E-state index contributed by atoms with van der Waals surface area (Å²) in [6.45, 7) is 0. The number of nitro benzene ring substituents is 1. The van der Waals surface area contributed by atoms with Crippen molar-refractivity contribution in [3.8, 4) is 0 Å². The molecule has 1 fully saturated rings. The van der Waals surface area contributed by atoms with Gasteiger partial charge < -0.3 is 0 Å². The molecular weight excluding hydrogens is 328 g/mol. The topological polar surface area (TPSA) is 88.2 Å². The van der Waals surface area contributed by atoms with Crippen molar-refractivity contribution in [3.63, 3.8) is 0 Å². The Kier molecular flexibility index (Phi) is 4.66. The van der Waals surface area contributed by atoms with Gasteiger partial charge in [-0.25, -0.2) is 0 Å². The number of benzene rings is 2. The van der Waals surface area contributed by atoms with Crippen molar-refractivity contribution in [1.82, 2.24) is 0 Å². The third kappa shape index (κ3) is 3.49. The van der Waals surface area contributed by atoms with E-state index >= 15 is 0 Å². The number of hydrogen-bond acceptors (Lipinski definition) is 6. The second-order valence-electron chi connectivity index (χ2n) is 4.83. The lowest BCUT2D eigenvalue weighted by molar-refractivity contribution is -0.384. The maximum atomic E-state index is 12.0. The van der Waals surface area contributed by atoms with Gasteiger partial charge in [0.15, 0.2) is 5.17 Å². The molecule has 2 aromatic rings. The van der Waals surface area contributed by atoms with E-state index in [1.54, 1.807) is 12.1 Å². The number of nitrogens with zero attached hydrogens (tertiary/aromatic N) is 4. The minimum Gasteiger partial charge on any atom is -0.273 e. The van der Waals surface area contributed by atoms with Crippen LogP contribution in [0, 0.1) is 10.1 Å². The van der Waals surface area contributed by atoms with Crippen LogP contribution in [0.25, 0.3) is 0 Å². The number of non-ortho nitro benzene ring substituents is 1. The predicted molar refractivity (Wildman–Crippen MR) is 94.5 cm³/mol. The Labute approximate surface area is 141 Å². The van der Waals surface area contributed by atoms with Gasteiger partial charge >= 0.3 is 0 Å². The molecule has 1 saturated heterocycles. The van der Waals surface area contributed by atoms with Crippen LogP contribution in [0.1, 0.15) is 5.56 Å². The Morgan fingerprint density at radius 1 is 1.17 bits per heavy atom. The van der Waals surface area contributed by atoms with Gasteiger partial charge in [0.25, 0.3) is 5.69 Å². The van der Waals surface area contributed by atoms with Gasteiger partial charge in [-0.15, -0.1) is 5.10 Å². The van der Waals surface area contributed by atoms with Crippen LogP contribution in [0.15, 0.2) is 64.8 Å². The van der Waals surface area contributed by atoms with Crippen molar-refractivity contribution < 1.29 is 9.72 Å². The van der Waals surface area contributed by atoms with Gasteiger partial charge in [-0.2, -0.15) is 5.10 Å². The first-order valence-electron chi connectivity index (χ1n) is 7.01. The molecule has 8 heteroatoms. The van der Waals surface area contributed by atoms with E-state index < -0.39 is 4.92 Å². The summed E-state index contributed by atoms with van der Waals surface area (Å²) < 4.78 is 0. The summed E-state index contributed by atoms with van der Waals surface area (Å²) in [5.74, 6) is 0.246. The quantitative estimate of drug-likeness (QED) is 0.486. The van der Waals surface area contributed by atoms with Gasteiger partial charge in [0, 0.05) is 17.7 Å². The highest BCUT2D eigenvalue weighted by Crippen LogP contribution is 2.26. The van der Waals surface area contributed by atoms with E-state index in [1.807, 2.05) is 30.3 Å². The van der Waals surface area contributed by atoms with Crippen molar-refractivity contribution in [1.29, 1.82) is 0 Å². The highest BCUT2D eigenvalue weighted by molar-refractivity contribution is 8.15. The van der Waals surface area contributed by atoms with E-state index in [0.717, 1.165) is 5.69 Å². The van der Waals surface area contributed by atoms with Gasteiger partial charge in [0.1, 0.15) is 0 Å². The van der Waals surface area contributed by atoms with Crippen molar-refractivity contribution in [2.24, 2.45) is 10.2 Å². The molecule has 0 radical (unpaired) electrons. The molecule has 0 unspecified atom stereocenters. The number of carbonyl (C=O) groups is 1.